The molecule has 0 fully saturated rings. The van der Waals surface area contributed by atoms with Crippen LogP contribution in [0.2, 0.25) is 0 Å². The zero-order valence-electron chi connectivity index (χ0n) is 10.4. The smallest absolute Gasteiger partial charge is 0.169 e. The molecule has 0 aliphatic heterocycles. The lowest BCUT2D eigenvalue weighted by Gasteiger charge is -2.25. The standard InChI is InChI=1S/C13H14N4S/c1-10(8-12-4-3-7-18-12)17(2)13-11(9-14)5-6-15-16-13/h3-7,10H,8H2,1-2H3. The van der Waals surface area contributed by atoms with Crippen LogP contribution in [-0.2, 0) is 6.42 Å². The Balaban J connectivity index is 2.15. The minimum atomic E-state index is 0.271. The van der Waals surface area contributed by atoms with E-state index >= 15 is 0 Å². The quantitative estimate of drug-likeness (QED) is 0.845. The van der Waals surface area contributed by atoms with E-state index in [0.717, 1.165) is 6.42 Å². The van der Waals surface area contributed by atoms with Crippen LogP contribution >= 0.6 is 11.3 Å². The Morgan fingerprint density at radius 2 is 2.33 bits per heavy atom. The van der Waals surface area contributed by atoms with Crippen LogP contribution < -0.4 is 4.90 Å². The first-order valence-corrected chi connectivity index (χ1v) is 6.57. The van der Waals surface area contributed by atoms with E-state index in [2.05, 4.69) is 40.7 Å². The summed E-state index contributed by atoms with van der Waals surface area (Å²) in [4.78, 5) is 3.34. The number of nitrogens with zero attached hydrogens (tertiary/aromatic N) is 4. The van der Waals surface area contributed by atoms with Crippen LogP contribution in [0, 0.1) is 11.3 Å². The van der Waals surface area contributed by atoms with E-state index in [1.165, 1.54) is 4.88 Å². The van der Waals surface area contributed by atoms with Crippen molar-refractivity contribution in [2.45, 2.75) is 19.4 Å². The second-order valence-electron chi connectivity index (χ2n) is 4.12. The van der Waals surface area contributed by atoms with Gasteiger partial charge in [0.05, 0.1) is 11.8 Å². The number of nitriles is 1. The lowest BCUT2D eigenvalue weighted by atomic mass is 10.1. The number of hydrogen-bond acceptors (Lipinski definition) is 5. The van der Waals surface area contributed by atoms with Crippen LogP contribution in [0.4, 0.5) is 5.82 Å². The highest BCUT2D eigenvalue weighted by molar-refractivity contribution is 7.09. The predicted molar refractivity (Wildman–Crippen MR) is 72.6 cm³/mol. The normalized spacial score (nSPS) is 11.8. The highest BCUT2D eigenvalue weighted by atomic mass is 32.1. The molecule has 4 nitrogen and oxygen atoms in total. The Bertz CT molecular complexity index is 544. The molecule has 18 heavy (non-hydrogen) atoms. The fraction of sp³-hybridized carbons (Fsp3) is 0.308. The fourth-order valence-corrected chi connectivity index (χ4v) is 2.56. The molecule has 0 aliphatic rings. The molecular formula is C13H14N4S. The topological polar surface area (TPSA) is 52.8 Å². The molecular weight excluding hydrogens is 244 g/mol. The number of likely N-dealkylation sites (N-methyl/N-ethyl adjacent to an activating group) is 1. The second kappa shape index (κ2) is 5.61. The Labute approximate surface area is 111 Å². The van der Waals surface area contributed by atoms with Gasteiger partial charge in [0.15, 0.2) is 5.82 Å². The van der Waals surface area contributed by atoms with Gasteiger partial charge in [-0.15, -0.1) is 16.4 Å². The number of hydrogen-bond donors (Lipinski definition) is 0. The van der Waals surface area contributed by atoms with Gasteiger partial charge in [-0.2, -0.15) is 10.4 Å². The molecule has 2 aromatic rings. The first-order chi connectivity index (χ1) is 8.72. The number of aromatic nitrogens is 2. The van der Waals surface area contributed by atoms with Crippen LogP contribution in [0.3, 0.4) is 0 Å². The van der Waals surface area contributed by atoms with Crippen molar-refractivity contribution in [2.24, 2.45) is 0 Å². The Hall–Kier alpha value is -1.93. The van der Waals surface area contributed by atoms with Crippen molar-refractivity contribution in [3.63, 3.8) is 0 Å². The number of rotatable bonds is 4. The summed E-state index contributed by atoms with van der Waals surface area (Å²) in [5.74, 6) is 0.643. The second-order valence-corrected chi connectivity index (χ2v) is 5.16. The van der Waals surface area contributed by atoms with Crippen molar-refractivity contribution in [2.75, 3.05) is 11.9 Å². The van der Waals surface area contributed by atoms with E-state index in [0.29, 0.717) is 11.4 Å². The molecule has 2 aromatic heterocycles. The molecule has 2 heterocycles. The lowest BCUT2D eigenvalue weighted by Crippen LogP contribution is -2.32. The average Bonchev–Trinajstić information content (AvgIpc) is 2.90. The van der Waals surface area contributed by atoms with E-state index in [9.17, 15) is 0 Å². The zero-order chi connectivity index (χ0) is 13.0. The van der Waals surface area contributed by atoms with Gasteiger partial charge in [-0.1, -0.05) is 6.07 Å². The SMILES string of the molecule is CC(Cc1cccs1)N(C)c1nnccc1C#N. The highest BCUT2D eigenvalue weighted by Gasteiger charge is 2.16. The van der Waals surface area contributed by atoms with Gasteiger partial charge in [0.25, 0.3) is 0 Å². The molecule has 1 atom stereocenters. The van der Waals surface area contributed by atoms with Crippen LogP contribution in [-0.4, -0.2) is 23.3 Å². The summed E-state index contributed by atoms with van der Waals surface area (Å²) in [7, 11) is 1.95. The van der Waals surface area contributed by atoms with E-state index in [1.54, 1.807) is 23.6 Å². The molecule has 0 bridgehead atoms. The largest absolute Gasteiger partial charge is 0.354 e. The summed E-state index contributed by atoms with van der Waals surface area (Å²) in [6.07, 6.45) is 2.48. The molecule has 0 amide bonds. The minimum Gasteiger partial charge on any atom is -0.354 e. The molecule has 1 unspecified atom stereocenters. The molecule has 0 aliphatic carbocycles. The molecule has 0 N–H and O–H groups in total. The van der Waals surface area contributed by atoms with Crippen molar-refractivity contribution >= 4 is 17.2 Å². The van der Waals surface area contributed by atoms with Gasteiger partial charge >= 0.3 is 0 Å². The maximum Gasteiger partial charge on any atom is 0.169 e. The van der Waals surface area contributed by atoms with Crippen molar-refractivity contribution in [1.82, 2.24) is 10.2 Å². The maximum atomic E-state index is 9.06. The summed E-state index contributed by atoms with van der Waals surface area (Å²) in [6.45, 7) is 2.12. The lowest BCUT2D eigenvalue weighted by molar-refractivity contribution is 0.674. The van der Waals surface area contributed by atoms with Gasteiger partial charge in [0, 0.05) is 24.4 Å². The summed E-state index contributed by atoms with van der Waals surface area (Å²) in [6, 6.07) is 8.28. The van der Waals surface area contributed by atoms with Crippen LogP contribution in [0.1, 0.15) is 17.4 Å². The van der Waals surface area contributed by atoms with E-state index in [4.69, 9.17) is 5.26 Å². The van der Waals surface area contributed by atoms with Gasteiger partial charge in [-0.25, -0.2) is 0 Å². The van der Waals surface area contributed by atoms with Gasteiger partial charge in [-0.05, 0) is 24.4 Å². The maximum absolute atomic E-state index is 9.06. The van der Waals surface area contributed by atoms with Crippen molar-refractivity contribution < 1.29 is 0 Å². The fourth-order valence-electron chi connectivity index (χ4n) is 1.74. The summed E-state index contributed by atoms with van der Waals surface area (Å²) in [5.41, 5.74) is 0.561. The third kappa shape index (κ3) is 2.66. The number of thiophene rings is 1. The Morgan fingerprint density at radius 1 is 1.50 bits per heavy atom. The third-order valence-electron chi connectivity index (χ3n) is 2.89. The van der Waals surface area contributed by atoms with E-state index in [-0.39, 0.29) is 6.04 Å². The van der Waals surface area contributed by atoms with Gasteiger partial charge in [0.1, 0.15) is 6.07 Å². The van der Waals surface area contributed by atoms with Crippen LogP contribution in [0.25, 0.3) is 0 Å². The first kappa shape index (κ1) is 12.5. The molecule has 92 valence electrons. The summed E-state index contributed by atoms with van der Waals surface area (Å²) < 4.78 is 0. The first-order valence-electron chi connectivity index (χ1n) is 5.69. The van der Waals surface area contributed by atoms with E-state index in [1.807, 2.05) is 11.9 Å². The van der Waals surface area contributed by atoms with Crippen molar-refractivity contribution in [3.05, 3.63) is 40.2 Å². The van der Waals surface area contributed by atoms with Crippen molar-refractivity contribution in [1.29, 1.82) is 5.26 Å². The Morgan fingerprint density at radius 3 is 3.00 bits per heavy atom. The molecule has 5 heteroatoms. The molecule has 0 spiro atoms. The van der Waals surface area contributed by atoms with Crippen molar-refractivity contribution in [3.8, 4) is 6.07 Å². The van der Waals surface area contributed by atoms with Gasteiger partial charge < -0.3 is 4.90 Å². The average molecular weight is 258 g/mol. The highest BCUT2D eigenvalue weighted by Crippen LogP contribution is 2.19. The predicted octanol–water partition coefficient (Wildman–Crippen LogP) is 2.48. The van der Waals surface area contributed by atoms with Gasteiger partial charge in [-0.3, -0.25) is 0 Å². The monoisotopic (exact) mass is 258 g/mol. The summed E-state index contributed by atoms with van der Waals surface area (Å²) >= 11 is 1.75. The van der Waals surface area contributed by atoms with Crippen LogP contribution in [0.15, 0.2) is 29.8 Å². The number of anilines is 1. The third-order valence-corrected chi connectivity index (χ3v) is 3.79. The minimum absolute atomic E-state index is 0.271. The Kier molecular flexibility index (Phi) is 3.90. The van der Waals surface area contributed by atoms with Gasteiger partial charge in [0.2, 0.25) is 0 Å². The molecule has 0 aromatic carbocycles. The zero-order valence-corrected chi connectivity index (χ0v) is 11.2. The summed E-state index contributed by atoms with van der Waals surface area (Å²) in [5, 5.41) is 19.0. The molecule has 2 rings (SSSR count). The van der Waals surface area contributed by atoms with E-state index < -0.39 is 0 Å². The molecule has 0 radical (unpaired) electrons. The molecule has 0 saturated carbocycles. The molecule has 0 saturated heterocycles. The van der Waals surface area contributed by atoms with Crippen LogP contribution in [0.5, 0.6) is 0 Å².